The van der Waals surface area contributed by atoms with Crippen LogP contribution in [0.2, 0.25) is 0 Å². The van der Waals surface area contributed by atoms with Crippen molar-refractivity contribution in [2.24, 2.45) is 0 Å². The molecule has 3 aromatic rings. The molecule has 2 aromatic carbocycles. The minimum Gasteiger partial charge on any atom is -0.477 e. The topological polar surface area (TPSA) is 82.8 Å². The number of pyridine rings is 1. The molecular weight excluding hydrogens is 427 g/mol. The molecular formula is C22H16F3N3O4. The first kappa shape index (κ1) is 20.1. The fraction of sp³-hybridized carbons (Fsp3) is 0.227. The van der Waals surface area contributed by atoms with E-state index in [4.69, 9.17) is 0 Å². The van der Waals surface area contributed by atoms with E-state index < -0.39 is 34.4 Å². The molecule has 2 atom stereocenters. The Morgan fingerprint density at radius 3 is 2.41 bits per heavy atom. The molecule has 2 aliphatic rings. The number of amides is 1. The predicted molar refractivity (Wildman–Crippen MR) is 109 cm³/mol. The molecule has 0 spiro atoms. The van der Waals surface area contributed by atoms with Gasteiger partial charge in [-0.1, -0.05) is 0 Å². The minimum absolute atomic E-state index is 0.0567. The number of hydrogen-bond donors (Lipinski definition) is 1. The molecule has 2 saturated heterocycles. The minimum atomic E-state index is -1.55. The number of halogens is 3. The van der Waals surface area contributed by atoms with Crippen LogP contribution in [0.15, 0.2) is 41.3 Å². The van der Waals surface area contributed by atoms with Gasteiger partial charge in [0, 0.05) is 36.8 Å². The van der Waals surface area contributed by atoms with Crippen molar-refractivity contribution < 1.29 is 27.9 Å². The van der Waals surface area contributed by atoms with E-state index in [9.17, 15) is 28.3 Å². The van der Waals surface area contributed by atoms with E-state index in [-0.39, 0.29) is 34.4 Å². The molecule has 1 aromatic heterocycles. The van der Waals surface area contributed by atoms with Crippen molar-refractivity contribution in [3.8, 4) is 5.69 Å². The van der Waals surface area contributed by atoms with Crippen LogP contribution in [-0.2, 0) is 4.79 Å². The summed E-state index contributed by atoms with van der Waals surface area (Å²) in [7, 11) is 0. The number of carbonyl (C=O) groups excluding carboxylic acids is 1. The maximum atomic E-state index is 15.1. The Hall–Kier alpha value is -3.82. The molecule has 7 nitrogen and oxygen atoms in total. The number of carboxylic acid groups (broad SMARTS) is 1. The SMILES string of the molecule is O=CN1CC2CC1CN2c1cc2c(cc1F)c(=O)c(C(=O)O)cn2-c1ccc(F)cc1F. The van der Waals surface area contributed by atoms with Gasteiger partial charge in [0.15, 0.2) is 0 Å². The third-order valence-electron chi connectivity index (χ3n) is 6.20. The van der Waals surface area contributed by atoms with Crippen LogP contribution >= 0.6 is 0 Å². The summed E-state index contributed by atoms with van der Waals surface area (Å²) in [5.74, 6) is -4.08. The van der Waals surface area contributed by atoms with Gasteiger partial charge in [0.05, 0.1) is 22.9 Å². The number of aromatic nitrogens is 1. The smallest absolute Gasteiger partial charge is 0.341 e. The van der Waals surface area contributed by atoms with Gasteiger partial charge in [0.25, 0.3) is 0 Å². The summed E-state index contributed by atoms with van der Waals surface area (Å²) in [5.41, 5.74) is -1.53. The Kier molecular flexibility index (Phi) is 4.47. The van der Waals surface area contributed by atoms with E-state index in [1.54, 1.807) is 9.80 Å². The molecule has 10 heteroatoms. The number of carbonyl (C=O) groups is 2. The Bertz CT molecular complexity index is 1360. The second-order valence-electron chi connectivity index (χ2n) is 7.96. The Morgan fingerprint density at radius 1 is 1.03 bits per heavy atom. The Morgan fingerprint density at radius 2 is 1.78 bits per heavy atom. The lowest BCUT2D eigenvalue weighted by Gasteiger charge is -2.34. The van der Waals surface area contributed by atoms with Crippen LogP contribution < -0.4 is 10.3 Å². The number of hydrogen-bond acceptors (Lipinski definition) is 4. The van der Waals surface area contributed by atoms with Crippen molar-refractivity contribution in [2.45, 2.75) is 18.5 Å². The summed E-state index contributed by atoms with van der Waals surface area (Å²) in [5, 5.41) is 9.18. The molecule has 1 amide bonds. The number of anilines is 1. The van der Waals surface area contributed by atoms with Crippen LogP contribution in [0.25, 0.3) is 16.6 Å². The highest BCUT2D eigenvalue weighted by Crippen LogP contribution is 2.37. The van der Waals surface area contributed by atoms with Gasteiger partial charge in [-0.15, -0.1) is 0 Å². The quantitative estimate of drug-likeness (QED) is 0.627. The molecule has 0 aliphatic carbocycles. The van der Waals surface area contributed by atoms with Crippen molar-refractivity contribution in [3.05, 3.63) is 69.8 Å². The number of carboxylic acids is 1. The van der Waals surface area contributed by atoms with Gasteiger partial charge in [-0.05, 0) is 30.7 Å². The van der Waals surface area contributed by atoms with E-state index in [1.807, 2.05) is 0 Å². The molecule has 164 valence electrons. The van der Waals surface area contributed by atoms with E-state index in [0.29, 0.717) is 25.6 Å². The lowest BCUT2D eigenvalue weighted by Crippen LogP contribution is -2.46. The summed E-state index contributed by atoms with van der Waals surface area (Å²) >= 11 is 0. The van der Waals surface area contributed by atoms with Crippen LogP contribution in [0.1, 0.15) is 16.8 Å². The summed E-state index contributed by atoms with van der Waals surface area (Å²) in [6.07, 6.45) is 2.39. The summed E-state index contributed by atoms with van der Waals surface area (Å²) in [6.45, 7) is 0.831. The second kappa shape index (κ2) is 7.11. The first-order valence-electron chi connectivity index (χ1n) is 9.83. The number of likely N-dealkylation sites (tertiary alicyclic amines) is 1. The highest BCUT2D eigenvalue weighted by molar-refractivity contribution is 5.94. The van der Waals surface area contributed by atoms with Crippen molar-refractivity contribution in [2.75, 3.05) is 18.0 Å². The molecule has 0 radical (unpaired) electrons. The zero-order valence-corrected chi connectivity index (χ0v) is 16.5. The standard InChI is InChI=1S/C22H16F3N3O4/c23-11-1-2-18(16(24)3-11)28-9-15(22(31)32)21(30)14-5-17(25)20(6-19(14)28)27-8-12-4-13(27)7-26(12)10-29/h1-3,5-6,9-10,12-13H,4,7-8H2,(H,31,32). The van der Waals surface area contributed by atoms with Crippen LogP contribution in [0.5, 0.6) is 0 Å². The van der Waals surface area contributed by atoms with Gasteiger partial charge in [-0.25, -0.2) is 18.0 Å². The number of nitrogens with zero attached hydrogens (tertiary/aromatic N) is 3. The lowest BCUT2D eigenvalue weighted by molar-refractivity contribution is -0.119. The molecule has 3 heterocycles. The normalized spacial score (nSPS) is 19.7. The van der Waals surface area contributed by atoms with E-state index in [0.717, 1.165) is 35.4 Å². The van der Waals surface area contributed by atoms with Crippen molar-refractivity contribution in [3.63, 3.8) is 0 Å². The van der Waals surface area contributed by atoms with Gasteiger partial charge < -0.3 is 19.5 Å². The Labute approximate surface area is 178 Å². The van der Waals surface area contributed by atoms with Crippen LogP contribution in [0.4, 0.5) is 18.9 Å². The summed E-state index contributed by atoms with van der Waals surface area (Å²) in [6, 6.07) is 4.89. The maximum Gasteiger partial charge on any atom is 0.341 e. The zero-order chi connectivity index (χ0) is 22.7. The number of fused-ring (bicyclic) bond motifs is 3. The van der Waals surface area contributed by atoms with Crippen LogP contribution in [0, 0.1) is 17.5 Å². The highest BCUT2D eigenvalue weighted by atomic mass is 19.1. The molecule has 2 unspecified atom stereocenters. The summed E-state index contributed by atoms with van der Waals surface area (Å²) in [4.78, 5) is 38.9. The van der Waals surface area contributed by atoms with Gasteiger partial charge in [0.2, 0.25) is 11.8 Å². The molecule has 2 aliphatic heterocycles. The highest BCUT2D eigenvalue weighted by Gasteiger charge is 2.43. The average molecular weight is 443 g/mol. The van der Waals surface area contributed by atoms with E-state index >= 15 is 4.39 Å². The molecule has 5 rings (SSSR count). The van der Waals surface area contributed by atoms with Gasteiger partial charge >= 0.3 is 5.97 Å². The number of benzene rings is 2. The largest absolute Gasteiger partial charge is 0.477 e. The first-order valence-corrected chi connectivity index (χ1v) is 9.83. The zero-order valence-electron chi connectivity index (χ0n) is 16.5. The van der Waals surface area contributed by atoms with E-state index in [1.165, 1.54) is 6.07 Å². The van der Waals surface area contributed by atoms with Gasteiger partial charge in [-0.2, -0.15) is 0 Å². The third-order valence-corrected chi connectivity index (χ3v) is 6.20. The predicted octanol–water partition coefficient (Wildman–Crippen LogP) is 2.53. The fourth-order valence-corrected chi connectivity index (χ4v) is 4.70. The number of piperazine rings is 1. The monoisotopic (exact) mass is 443 g/mol. The molecule has 32 heavy (non-hydrogen) atoms. The third kappa shape index (κ3) is 2.94. The van der Waals surface area contributed by atoms with Gasteiger partial charge in [0.1, 0.15) is 23.0 Å². The number of aromatic carboxylic acids is 1. The van der Waals surface area contributed by atoms with Crippen LogP contribution in [-0.4, -0.2) is 52.1 Å². The number of rotatable bonds is 4. The fourth-order valence-electron chi connectivity index (χ4n) is 4.70. The van der Waals surface area contributed by atoms with E-state index in [2.05, 4.69) is 0 Å². The molecule has 2 fully saturated rings. The Balaban J connectivity index is 1.74. The summed E-state index contributed by atoms with van der Waals surface area (Å²) < 4.78 is 44.2. The van der Waals surface area contributed by atoms with Gasteiger partial charge in [-0.3, -0.25) is 9.59 Å². The van der Waals surface area contributed by atoms with Crippen molar-refractivity contribution in [1.29, 1.82) is 0 Å². The van der Waals surface area contributed by atoms with Crippen molar-refractivity contribution in [1.82, 2.24) is 9.47 Å². The average Bonchev–Trinajstić information content (AvgIpc) is 3.35. The van der Waals surface area contributed by atoms with Crippen molar-refractivity contribution >= 4 is 29.0 Å². The molecule has 0 saturated carbocycles. The second-order valence-corrected chi connectivity index (χ2v) is 7.96. The van der Waals surface area contributed by atoms with Crippen LogP contribution in [0.3, 0.4) is 0 Å². The molecule has 1 N–H and O–H groups in total. The maximum absolute atomic E-state index is 15.1. The lowest BCUT2D eigenvalue weighted by atomic mass is 10.1. The molecule has 2 bridgehead atoms. The first-order chi connectivity index (χ1) is 15.3.